The molecule has 1 aromatic carbocycles. The summed E-state index contributed by atoms with van der Waals surface area (Å²) in [6.07, 6.45) is 7.12. The second-order valence-electron chi connectivity index (χ2n) is 5.74. The molecular formula is C17H26N2O. The third-order valence-electron chi connectivity index (χ3n) is 4.07. The molecule has 1 unspecified atom stereocenters. The second-order valence-corrected chi connectivity index (χ2v) is 5.74. The minimum atomic E-state index is 0.0818. The molecule has 0 spiro atoms. The first-order valence-corrected chi connectivity index (χ1v) is 7.83. The van der Waals surface area contributed by atoms with Crippen molar-refractivity contribution in [3.8, 4) is 0 Å². The van der Waals surface area contributed by atoms with E-state index >= 15 is 0 Å². The van der Waals surface area contributed by atoms with Crippen molar-refractivity contribution in [2.45, 2.75) is 57.5 Å². The maximum absolute atomic E-state index is 11.9. The number of carbonyl (C=O) groups is 1. The largest absolute Gasteiger partial charge is 0.350 e. The van der Waals surface area contributed by atoms with Gasteiger partial charge >= 0.3 is 0 Å². The summed E-state index contributed by atoms with van der Waals surface area (Å²) in [5, 5.41) is 6.56. The maximum atomic E-state index is 11.9. The van der Waals surface area contributed by atoms with E-state index in [9.17, 15) is 4.79 Å². The van der Waals surface area contributed by atoms with Crippen molar-refractivity contribution in [1.29, 1.82) is 0 Å². The van der Waals surface area contributed by atoms with Crippen LogP contribution in [-0.4, -0.2) is 18.5 Å². The molecule has 0 bridgehead atoms. The second kappa shape index (κ2) is 8.05. The molecule has 0 radical (unpaired) electrons. The van der Waals surface area contributed by atoms with Crippen molar-refractivity contribution >= 4 is 5.91 Å². The Morgan fingerprint density at radius 1 is 1.20 bits per heavy atom. The van der Waals surface area contributed by atoms with Crippen molar-refractivity contribution in [2.75, 3.05) is 6.54 Å². The summed E-state index contributed by atoms with van der Waals surface area (Å²) in [4.78, 5) is 11.9. The zero-order chi connectivity index (χ0) is 14.2. The molecule has 1 aromatic rings. The Balaban J connectivity index is 1.65. The predicted octanol–water partition coefficient (Wildman–Crippen LogP) is 3.18. The van der Waals surface area contributed by atoms with Gasteiger partial charge in [0, 0.05) is 19.0 Å². The molecule has 0 aromatic heterocycles. The van der Waals surface area contributed by atoms with Crippen molar-refractivity contribution in [1.82, 2.24) is 10.6 Å². The molecule has 1 atom stereocenters. The third-order valence-corrected chi connectivity index (χ3v) is 4.07. The number of nitrogens with one attached hydrogen (secondary N) is 2. The molecular weight excluding hydrogens is 248 g/mol. The molecule has 1 fully saturated rings. The first-order chi connectivity index (χ1) is 9.75. The Morgan fingerprint density at radius 2 is 1.90 bits per heavy atom. The lowest BCUT2D eigenvalue weighted by Crippen LogP contribution is -2.35. The van der Waals surface area contributed by atoms with Gasteiger partial charge in [-0.05, 0) is 25.3 Å². The van der Waals surface area contributed by atoms with Crippen LogP contribution in [0.1, 0.15) is 57.1 Å². The third kappa shape index (κ3) is 4.97. The molecule has 2 N–H and O–H groups in total. The van der Waals surface area contributed by atoms with Gasteiger partial charge in [-0.15, -0.1) is 0 Å². The highest BCUT2D eigenvalue weighted by Crippen LogP contribution is 2.17. The number of amides is 1. The van der Waals surface area contributed by atoms with Crippen LogP contribution in [0, 0.1) is 0 Å². The van der Waals surface area contributed by atoms with Crippen LogP contribution in [0.3, 0.4) is 0 Å². The molecule has 0 heterocycles. The van der Waals surface area contributed by atoms with Gasteiger partial charge < -0.3 is 10.6 Å². The van der Waals surface area contributed by atoms with Gasteiger partial charge in [-0.1, -0.05) is 49.6 Å². The highest BCUT2D eigenvalue weighted by atomic mass is 16.1. The van der Waals surface area contributed by atoms with E-state index in [1.165, 1.54) is 32.1 Å². The molecule has 1 aliphatic rings. The molecule has 3 heteroatoms. The molecule has 3 nitrogen and oxygen atoms in total. The van der Waals surface area contributed by atoms with Crippen molar-refractivity contribution < 1.29 is 4.79 Å². The Bertz CT molecular complexity index is 399. The Labute approximate surface area is 122 Å². The van der Waals surface area contributed by atoms with Gasteiger partial charge in [0.25, 0.3) is 0 Å². The fraction of sp³-hybridized carbons (Fsp3) is 0.588. The van der Waals surface area contributed by atoms with Gasteiger partial charge in [0.2, 0.25) is 5.91 Å². The summed E-state index contributed by atoms with van der Waals surface area (Å²) in [7, 11) is 0. The van der Waals surface area contributed by atoms with Crippen molar-refractivity contribution in [3.05, 3.63) is 35.9 Å². The van der Waals surface area contributed by atoms with E-state index in [1.54, 1.807) is 0 Å². The fourth-order valence-corrected chi connectivity index (χ4v) is 2.84. The van der Waals surface area contributed by atoms with Crippen LogP contribution in [-0.2, 0) is 4.79 Å². The highest BCUT2D eigenvalue weighted by molar-refractivity contribution is 5.76. The van der Waals surface area contributed by atoms with Crippen LogP contribution in [0.25, 0.3) is 0 Å². The minimum Gasteiger partial charge on any atom is -0.350 e. The summed E-state index contributed by atoms with van der Waals surface area (Å²) in [5.41, 5.74) is 1.15. The lowest BCUT2D eigenvalue weighted by Gasteiger charge is -2.23. The summed E-state index contributed by atoms with van der Waals surface area (Å²) in [6.45, 7) is 2.82. The van der Waals surface area contributed by atoms with Crippen LogP contribution in [0.2, 0.25) is 0 Å². The monoisotopic (exact) mass is 274 g/mol. The summed E-state index contributed by atoms with van der Waals surface area (Å²) in [6, 6.07) is 10.8. The van der Waals surface area contributed by atoms with Crippen LogP contribution in [0.15, 0.2) is 30.3 Å². The van der Waals surface area contributed by atoms with Gasteiger partial charge in [-0.25, -0.2) is 0 Å². The molecule has 110 valence electrons. The first kappa shape index (κ1) is 15.0. The molecule has 0 aliphatic heterocycles. The topological polar surface area (TPSA) is 41.1 Å². The van der Waals surface area contributed by atoms with E-state index in [4.69, 9.17) is 0 Å². The molecule has 1 aliphatic carbocycles. The van der Waals surface area contributed by atoms with E-state index in [2.05, 4.69) is 10.6 Å². The molecule has 1 saturated carbocycles. The van der Waals surface area contributed by atoms with Gasteiger partial charge in [0.1, 0.15) is 0 Å². The van der Waals surface area contributed by atoms with E-state index in [1.807, 2.05) is 37.3 Å². The van der Waals surface area contributed by atoms with Crippen molar-refractivity contribution in [3.63, 3.8) is 0 Å². The minimum absolute atomic E-state index is 0.0818. The summed E-state index contributed by atoms with van der Waals surface area (Å²) in [5.74, 6) is 0.129. The van der Waals surface area contributed by atoms with Crippen molar-refractivity contribution in [2.24, 2.45) is 0 Å². The molecule has 1 amide bonds. The first-order valence-electron chi connectivity index (χ1n) is 7.83. The number of hydrogen-bond acceptors (Lipinski definition) is 2. The number of hydrogen-bond donors (Lipinski definition) is 2. The van der Waals surface area contributed by atoms with Gasteiger partial charge in [-0.2, -0.15) is 0 Å². The van der Waals surface area contributed by atoms with Crippen LogP contribution in [0.5, 0.6) is 0 Å². The highest BCUT2D eigenvalue weighted by Gasteiger charge is 2.13. The Morgan fingerprint density at radius 3 is 2.60 bits per heavy atom. The van der Waals surface area contributed by atoms with E-state index in [0.29, 0.717) is 12.5 Å². The molecule has 2 rings (SSSR count). The zero-order valence-corrected chi connectivity index (χ0v) is 12.4. The predicted molar refractivity (Wildman–Crippen MR) is 82.5 cm³/mol. The lowest BCUT2D eigenvalue weighted by atomic mass is 9.95. The maximum Gasteiger partial charge on any atom is 0.221 e. The van der Waals surface area contributed by atoms with Gasteiger partial charge in [-0.3, -0.25) is 4.79 Å². The quantitative estimate of drug-likeness (QED) is 0.836. The molecule has 0 saturated heterocycles. The van der Waals surface area contributed by atoms with Crippen LogP contribution in [0.4, 0.5) is 0 Å². The van der Waals surface area contributed by atoms with Crippen LogP contribution >= 0.6 is 0 Å². The van der Waals surface area contributed by atoms with E-state index in [-0.39, 0.29) is 11.9 Å². The standard InChI is InChI=1S/C17H26N2O/c1-14(15-8-4-2-5-9-15)19-17(20)12-13-18-16-10-6-3-7-11-16/h2,4-5,8-9,14,16,18H,3,6-7,10-13H2,1H3,(H,19,20). The average Bonchev–Trinajstić information content (AvgIpc) is 2.49. The Kier molecular flexibility index (Phi) is 6.06. The Hall–Kier alpha value is -1.35. The SMILES string of the molecule is CC(NC(=O)CCNC1CCCCC1)c1ccccc1. The number of carbonyl (C=O) groups excluding carboxylic acids is 1. The normalized spacial score (nSPS) is 17.6. The number of rotatable bonds is 6. The van der Waals surface area contributed by atoms with Gasteiger partial charge in [0.15, 0.2) is 0 Å². The van der Waals surface area contributed by atoms with E-state index < -0.39 is 0 Å². The fourth-order valence-electron chi connectivity index (χ4n) is 2.84. The average molecular weight is 274 g/mol. The van der Waals surface area contributed by atoms with E-state index in [0.717, 1.165) is 12.1 Å². The van der Waals surface area contributed by atoms with Crippen LogP contribution < -0.4 is 10.6 Å². The van der Waals surface area contributed by atoms with Gasteiger partial charge in [0.05, 0.1) is 6.04 Å². The summed E-state index contributed by atoms with van der Waals surface area (Å²) < 4.78 is 0. The lowest BCUT2D eigenvalue weighted by molar-refractivity contribution is -0.121. The smallest absolute Gasteiger partial charge is 0.221 e. The zero-order valence-electron chi connectivity index (χ0n) is 12.4. The molecule has 20 heavy (non-hydrogen) atoms. The summed E-state index contributed by atoms with van der Waals surface area (Å²) >= 11 is 0. The number of benzene rings is 1.